The van der Waals surface area contributed by atoms with Crippen molar-refractivity contribution in [2.45, 2.75) is 96.8 Å². The zero-order chi connectivity index (χ0) is 26.7. The van der Waals surface area contributed by atoms with Gasteiger partial charge in [0.05, 0.1) is 6.61 Å². The molecule has 3 aromatic carbocycles. The summed E-state index contributed by atoms with van der Waals surface area (Å²) in [6.45, 7) is 4.71. The van der Waals surface area contributed by atoms with E-state index in [1.807, 2.05) is 6.92 Å². The highest BCUT2D eigenvalue weighted by molar-refractivity contribution is 5.64. The van der Waals surface area contributed by atoms with Crippen molar-refractivity contribution < 1.29 is 13.5 Å². The van der Waals surface area contributed by atoms with Crippen LogP contribution in [-0.2, 0) is 12.8 Å². The molecule has 38 heavy (non-hydrogen) atoms. The molecular weight excluding hydrogens is 474 g/mol. The molecule has 204 valence electrons. The van der Waals surface area contributed by atoms with Crippen LogP contribution in [0.15, 0.2) is 60.7 Å². The van der Waals surface area contributed by atoms with Crippen molar-refractivity contribution in [1.29, 1.82) is 0 Å². The van der Waals surface area contributed by atoms with Crippen LogP contribution in [0.3, 0.4) is 0 Å². The molecule has 4 rings (SSSR count). The van der Waals surface area contributed by atoms with E-state index in [4.69, 9.17) is 4.74 Å². The first-order chi connectivity index (χ1) is 18.6. The molecule has 1 fully saturated rings. The minimum atomic E-state index is -0.839. The molecular formula is C35H44F2O. The zero-order valence-corrected chi connectivity index (χ0v) is 23.3. The van der Waals surface area contributed by atoms with E-state index in [-0.39, 0.29) is 5.75 Å². The topological polar surface area (TPSA) is 9.23 Å². The summed E-state index contributed by atoms with van der Waals surface area (Å²) in [4.78, 5) is 0. The number of hydrogen-bond acceptors (Lipinski definition) is 1. The number of ether oxygens (including phenoxy) is 1. The van der Waals surface area contributed by atoms with Crippen LogP contribution in [0.1, 0.15) is 101 Å². The second-order valence-electron chi connectivity index (χ2n) is 11.1. The van der Waals surface area contributed by atoms with Crippen molar-refractivity contribution in [3.63, 3.8) is 0 Å². The standard InChI is InChI=1S/C35H44F2O/c1-3-5-7-8-26-9-14-28(15-10-26)30-19-21-31(22-20-30)29-16-11-27(12-17-29)13-18-32-23-24-33(35(37)34(32)36)38-25-6-4-2/h9-10,14-15,19-24,27,29H,3-8,11-13,16-18,25H2,1-2H3. The highest BCUT2D eigenvalue weighted by Crippen LogP contribution is 2.38. The van der Waals surface area contributed by atoms with Crippen molar-refractivity contribution in [1.82, 2.24) is 0 Å². The van der Waals surface area contributed by atoms with E-state index in [9.17, 15) is 8.78 Å². The van der Waals surface area contributed by atoms with Crippen LogP contribution in [0.25, 0.3) is 11.1 Å². The number of unbranched alkanes of at least 4 members (excludes halogenated alkanes) is 3. The molecule has 0 atom stereocenters. The molecule has 0 spiro atoms. The van der Waals surface area contributed by atoms with Crippen LogP contribution >= 0.6 is 0 Å². The number of halogens is 2. The average molecular weight is 519 g/mol. The minimum absolute atomic E-state index is 0.0330. The predicted octanol–water partition coefficient (Wildman–Crippen LogP) is 10.4. The Morgan fingerprint density at radius 1 is 0.684 bits per heavy atom. The molecule has 0 radical (unpaired) electrons. The Hall–Kier alpha value is -2.68. The lowest BCUT2D eigenvalue weighted by Crippen LogP contribution is -2.14. The molecule has 0 aromatic heterocycles. The highest BCUT2D eigenvalue weighted by Gasteiger charge is 2.23. The fraction of sp³-hybridized carbons (Fsp3) is 0.486. The first-order valence-electron chi connectivity index (χ1n) is 14.9. The SMILES string of the molecule is CCCCCc1ccc(-c2ccc(C3CCC(CCc4ccc(OCCCC)c(F)c4F)CC3)cc2)cc1. The Kier molecular flexibility index (Phi) is 10.8. The van der Waals surface area contributed by atoms with Crippen LogP contribution in [0.5, 0.6) is 5.75 Å². The van der Waals surface area contributed by atoms with Crippen molar-refractivity contribution in [2.24, 2.45) is 5.92 Å². The summed E-state index contributed by atoms with van der Waals surface area (Å²) in [6, 6.07) is 21.5. The van der Waals surface area contributed by atoms with E-state index >= 15 is 0 Å². The van der Waals surface area contributed by atoms with Crippen molar-refractivity contribution in [2.75, 3.05) is 6.61 Å². The van der Waals surface area contributed by atoms with Gasteiger partial charge >= 0.3 is 0 Å². The van der Waals surface area contributed by atoms with Crippen LogP contribution in [0.2, 0.25) is 0 Å². The molecule has 0 N–H and O–H groups in total. The summed E-state index contributed by atoms with van der Waals surface area (Å²) >= 11 is 0. The van der Waals surface area contributed by atoms with Crippen molar-refractivity contribution in [3.8, 4) is 16.9 Å². The van der Waals surface area contributed by atoms with Crippen LogP contribution in [-0.4, -0.2) is 6.61 Å². The van der Waals surface area contributed by atoms with E-state index < -0.39 is 11.6 Å². The second-order valence-corrected chi connectivity index (χ2v) is 11.1. The third kappa shape index (κ3) is 7.68. The number of hydrogen-bond donors (Lipinski definition) is 0. The van der Waals surface area contributed by atoms with Crippen LogP contribution in [0, 0.1) is 17.6 Å². The van der Waals surface area contributed by atoms with Crippen molar-refractivity contribution >= 4 is 0 Å². The smallest absolute Gasteiger partial charge is 0.200 e. The Labute approximate surface area is 228 Å². The Bertz CT molecular complexity index is 1110. The molecule has 0 aliphatic heterocycles. The molecule has 1 nitrogen and oxygen atoms in total. The fourth-order valence-corrected chi connectivity index (χ4v) is 5.74. The molecule has 1 saturated carbocycles. The largest absolute Gasteiger partial charge is 0.490 e. The summed E-state index contributed by atoms with van der Waals surface area (Å²) in [5.41, 5.74) is 5.88. The Morgan fingerprint density at radius 2 is 1.34 bits per heavy atom. The predicted molar refractivity (Wildman–Crippen MR) is 155 cm³/mol. The zero-order valence-electron chi connectivity index (χ0n) is 23.3. The number of rotatable bonds is 13. The molecule has 1 aliphatic rings. The van der Waals surface area contributed by atoms with E-state index in [0.29, 0.717) is 30.4 Å². The van der Waals surface area contributed by atoms with Crippen molar-refractivity contribution in [3.05, 3.63) is 89.0 Å². The second kappa shape index (κ2) is 14.5. The van der Waals surface area contributed by atoms with Gasteiger partial charge in [-0.1, -0.05) is 87.7 Å². The van der Waals surface area contributed by atoms with Gasteiger partial charge in [-0.3, -0.25) is 0 Å². The maximum atomic E-state index is 14.6. The van der Waals surface area contributed by atoms with Gasteiger partial charge in [0, 0.05) is 0 Å². The molecule has 1 aliphatic carbocycles. The summed E-state index contributed by atoms with van der Waals surface area (Å²) in [5.74, 6) is -0.377. The van der Waals surface area contributed by atoms with Gasteiger partial charge in [0.1, 0.15) is 0 Å². The third-order valence-corrected chi connectivity index (χ3v) is 8.29. The molecule has 3 heteroatoms. The lowest BCUT2D eigenvalue weighted by molar-refractivity contribution is 0.287. The normalized spacial score (nSPS) is 17.5. The molecule has 0 bridgehead atoms. The molecule has 3 aromatic rings. The maximum absolute atomic E-state index is 14.6. The summed E-state index contributed by atoms with van der Waals surface area (Å²) in [5, 5.41) is 0. The monoisotopic (exact) mass is 518 g/mol. The van der Waals surface area contributed by atoms with Gasteiger partial charge in [0.15, 0.2) is 11.6 Å². The highest BCUT2D eigenvalue weighted by atomic mass is 19.2. The van der Waals surface area contributed by atoms with Crippen LogP contribution in [0.4, 0.5) is 8.78 Å². The van der Waals surface area contributed by atoms with E-state index in [2.05, 4.69) is 55.5 Å². The van der Waals surface area contributed by atoms with Gasteiger partial charge < -0.3 is 4.74 Å². The minimum Gasteiger partial charge on any atom is -0.490 e. The molecule has 0 saturated heterocycles. The number of aryl methyl sites for hydroxylation is 2. The Morgan fingerprint density at radius 3 is 2.00 bits per heavy atom. The van der Waals surface area contributed by atoms with Crippen LogP contribution < -0.4 is 4.74 Å². The first kappa shape index (κ1) is 28.3. The third-order valence-electron chi connectivity index (χ3n) is 8.29. The number of benzene rings is 3. The summed E-state index contributed by atoms with van der Waals surface area (Å²) < 4.78 is 34.4. The molecule has 0 unspecified atom stereocenters. The van der Waals surface area contributed by atoms with E-state index in [0.717, 1.165) is 44.9 Å². The van der Waals surface area contributed by atoms with Gasteiger partial charge in [-0.15, -0.1) is 0 Å². The Balaban J connectivity index is 1.24. The fourth-order valence-electron chi connectivity index (χ4n) is 5.74. The average Bonchev–Trinajstić information content (AvgIpc) is 2.96. The van der Waals surface area contributed by atoms with E-state index in [1.54, 1.807) is 12.1 Å². The van der Waals surface area contributed by atoms with Gasteiger partial charge in [0.25, 0.3) is 0 Å². The quantitative estimate of drug-likeness (QED) is 0.204. The van der Waals surface area contributed by atoms with Gasteiger partial charge in [0.2, 0.25) is 5.82 Å². The summed E-state index contributed by atoms with van der Waals surface area (Å²) in [6.07, 6.45) is 12.9. The van der Waals surface area contributed by atoms with Gasteiger partial charge in [-0.2, -0.15) is 4.39 Å². The maximum Gasteiger partial charge on any atom is 0.200 e. The van der Waals surface area contributed by atoms with Gasteiger partial charge in [-0.05, 0) is 104 Å². The molecule has 0 amide bonds. The lowest BCUT2D eigenvalue weighted by Gasteiger charge is -2.29. The lowest BCUT2D eigenvalue weighted by atomic mass is 9.76. The van der Waals surface area contributed by atoms with E-state index in [1.165, 1.54) is 47.9 Å². The summed E-state index contributed by atoms with van der Waals surface area (Å²) in [7, 11) is 0. The first-order valence-corrected chi connectivity index (χ1v) is 14.9. The molecule has 0 heterocycles. The van der Waals surface area contributed by atoms with Gasteiger partial charge in [-0.25, -0.2) is 4.39 Å².